The largest absolute Gasteiger partial charge is 0.387 e. The third-order valence-electron chi connectivity index (χ3n) is 2.37. The van der Waals surface area contributed by atoms with Gasteiger partial charge in [-0.1, -0.05) is 0 Å². The van der Waals surface area contributed by atoms with E-state index in [1.807, 2.05) is 6.92 Å². The summed E-state index contributed by atoms with van der Waals surface area (Å²) in [5.41, 5.74) is 0.700. The van der Waals surface area contributed by atoms with E-state index in [1.165, 1.54) is 12.1 Å². The van der Waals surface area contributed by atoms with Crippen molar-refractivity contribution in [1.29, 1.82) is 0 Å². The van der Waals surface area contributed by atoms with Crippen LogP contribution in [0.1, 0.15) is 18.6 Å². The average molecular weight is 210 g/mol. The number of nitrogens with zero attached hydrogens (tertiary/aromatic N) is 1. The summed E-state index contributed by atoms with van der Waals surface area (Å²) in [6.07, 6.45) is -0.657. The zero-order valence-corrected chi connectivity index (χ0v) is 8.68. The average Bonchev–Trinajstić information content (AvgIpc) is 2.27. The van der Waals surface area contributed by atoms with E-state index < -0.39 is 11.0 Å². The van der Waals surface area contributed by atoms with Gasteiger partial charge >= 0.3 is 0 Å². The van der Waals surface area contributed by atoms with Gasteiger partial charge in [-0.3, -0.25) is 10.1 Å². The Hall–Kier alpha value is -1.46. The molecule has 2 N–H and O–H groups in total. The zero-order valence-electron chi connectivity index (χ0n) is 8.68. The first-order valence-electron chi connectivity index (χ1n) is 4.66. The van der Waals surface area contributed by atoms with Crippen molar-refractivity contribution in [3.63, 3.8) is 0 Å². The molecule has 1 rings (SSSR count). The smallest absolute Gasteiger partial charge is 0.269 e. The summed E-state index contributed by atoms with van der Waals surface area (Å²) in [5, 5.41) is 23.1. The maximum absolute atomic E-state index is 10.4. The molecule has 5 nitrogen and oxygen atoms in total. The van der Waals surface area contributed by atoms with Crippen LogP contribution < -0.4 is 5.32 Å². The van der Waals surface area contributed by atoms with E-state index in [4.69, 9.17) is 0 Å². The molecule has 0 spiro atoms. The van der Waals surface area contributed by atoms with E-state index in [2.05, 4.69) is 5.32 Å². The van der Waals surface area contributed by atoms with Crippen LogP contribution in [0.15, 0.2) is 24.3 Å². The van der Waals surface area contributed by atoms with Crippen molar-refractivity contribution in [2.45, 2.75) is 19.1 Å². The SMILES string of the molecule is CN[C@H](C)C(O)c1ccc([N+](=O)[O-])cc1. The molecule has 1 unspecified atom stereocenters. The number of nitrogens with one attached hydrogen (secondary N) is 1. The fourth-order valence-corrected chi connectivity index (χ4v) is 1.24. The summed E-state index contributed by atoms with van der Waals surface area (Å²) in [5.74, 6) is 0. The van der Waals surface area contributed by atoms with Crippen molar-refractivity contribution >= 4 is 5.69 Å². The Bertz CT molecular complexity index is 337. The minimum absolute atomic E-state index is 0.0306. The summed E-state index contributed by atoms with van der Waals surface area (Å²) in [7, 11) is 1.75. The molecule has 0 aromatic heterocycles. The number of likely N-dealkylation sites (N-methyl/N-ethyl adjacent to an activating group) is 1. The van der Waals surface area contributed by atoms with E-state index in [0.717, 1.165) is 0 Å². The number of aliphatic hydroxyl groups is 1. The molecule has 5 heteroatoms. The maximum Gasteiger partial charge on any atom is 0.269 e. The van der Waals surface area contributed by atoms with Crippen molar-refractivity contribution in [3.8, 4) is 0 Å². The van der Waals surface area contributed by atoms with Crippen LogP contribution in [-0.4, -0.2) is 23.1 Å². The monoisotopic (exact) mass is 210 g/mol. The summed E-state index contributed by atoms with van der Waals surface area (Å²) >= 11 is 0. The number of hydrogen-bond acceptors (Lipinski definition) is 4. The first kappa shape index (κ1) is 11.6. The van der Waals surface area contributed by atoms with Gasteiger partial charge in [-0.05, 0) is 31.7 Å². The van der Waals surface area contributed by atoms with Gasteiger partial charge in [-0.2, -0.15) is 0 Å². The second-order valence-corrected chi connectivity index (χ2v) is 3.37. The van der Waals surface area contributed by atoms with Gasteiger partial charge in [0.15, 0.2) is 0 Å². The molecule has 82 valence electrons. The lowest BCUT2D eigenvalue weighted by atomic mass is 10.0. The second-order valence-electron chi connectivity index (χ2n) is 3.37. The molecule has 1 aromatic carbocycles. The van der Waals surface area contributed by atoms with Crippen molar-refractivity contribution < 1.29 is 10.0 Å². The van der Waals surface area contributed by atoms with Gasteiger partial charge < -0.3 is 10.4 Å². The lowest BCUT2D eigenvalue weighted by Gasteiger charge is -2.18. The van der Waals surface area contributed by atoms with Gasteiger partial charge in [0.2, 0.25) is 0 Å². The van der Waals surface area contributed by atoms with E-state index in [0.29, 0.717) is 5.56 Å². The van der Waals surface area contributed by atoms with Gasteiger partial charge in [-0.15, -0.1) is 0 Å². The predicted octanol–water partition coefficient (Wildman–Crippen LogP) is 1.24. The molecule has 15 heavy (non-hydrogen) atoms. The zero-order chi connectivity index (χ0) is 11.4. The summed E-state index contributed by atoms with van der Waals surface area (Å²) in [6, 6.07) is 5.82. The lowest BCUT2D eigenvalue weighted by Crippen LogP contribution is -2.28. The molecule has 0 saturated carbocycles. The van der Waals surface area contributed by atoms with Gasteiger partial charge in [0.1, 0.15) is 0 Å². The molecular formula is C10H14N2O3. The second kappa shape index (κ2) is 4.86. The fraction of sp³-hybridized carbons (Fsp3) is 0.400. The van der Waals surface area contributed by atoms with Crippen molar-refractivity contribution in [1.82, 2.24) is 5.32 Å². The molecule has 0 heterocycles. The highest BCUT2D eigenvalue weighted by molar-refractivity contribution is 5.34. The number of non-ortho nitro benzene ring substituents is 1. The third kappa shape index (κ3) is 2.74. The molecule has 0 aliphatic rings. The highest BCUT2D eigenvalue weighted by atomic mass is 16.6. The molecule has 0 aliphatic carbocycles. The molecule has 0 saturated heterocycles. The first-order valence-corrected chi connectivity index (χ1v) is 4.66. The van der Waals surface area contributed by atoms with E-state index in [-0.39, 0.29) is 11.7 Å². The van der Waals surface area contributed by atoms with E-state index in [9.17, 15) is 15.2 Å². The number of nitro groups is 1. The molecule has 1 aromatic rings. The van der Waals surface area contributed by atoms with Crippen LogP contribution in [0.2, 0.25) is 0 Å². The topological polar surface area (TPSA) is 75.4 Å². The number of nitro benzene ring substituents is 1. The molecule has 0 bridgehead atoms. The van der Waals surface area contributed by atoms with Crippen LogP contribution in [0.3, 0.4) is 0 Å². The van der Waals surface area contributed by atoms with Crippen molar-refractivity contribution in [3.05, 3.63) is 39.9 Å². The Morgan fingerprint density at radius 1 is 1.40 bits per heavy atom. The quantitative estimate of drug-likeness (QED) is 0.579. The van der Waals surface area contributed by atoms with Gasteiger partial charge in [0, 0.05) is 18.2 Å². The first-order chi connectivity index (χ1) is 7.06. The number of benzene rings is 1. The molecular weight excluding hydrogens is 196 g/mol. The predicted molar refractivity (Wildman–Crippen MR) is 56.6 cm³/mol. The van der Waals surface area contributed by atoms with E-state index in [1.54, 1.807) is 19.2 Å². The number of aliphatic hydroxyl groups excluding tert-OH is 1. The van der Waals surface area contributed by atoms with Gasteiger partial charge in [0.05, 0.1) is 11.0 Å². The van der Waals surface area contributed by atoms with Crippen LogP contribution in [0.25, 0.3) is 0 Å². The van der Waals surface area contributed by atoms with Crippen LogP contribution in [0, 0.1) is 10.1 Å². The lowest BCUT2D eigenvalue weighted by molar-refractivity contribution is -0.384. The Morgan fingerprint density at radius 3 is 2.33 bits per heavy atom. The Balaban J connectivity index is 2.84. The molecule has 0 amide bonds. The van der Waals surface area contributed by atoms with E-state index >= 15 is 0 Å². The Kier molecular flexibility index (Phi) is 3.76. The van der Waals surface area contributed by atoms with Crippen molar-refractivity contribution in [2.24, 2.45) is 0 Å². The van der Waals surface area contributed by atoms with Crippen LogP contribution >= 0.6 is 0 Å². The summed E-state index contributed by atoms with van der Waals surface area (Å²) in [6.45, 7) is 1.84. The Morgan fingerprint density at radius 2 is 1.93 bits per heavy atom. The molecule has 0 aliphatic heterocycles. The number of hydrogen-bond donors (Lipinski definition) is 2. The van der Waals surface area contributed by atoms with Gasteiger partial charge in [0.25, 0.3) is 5.69 Å². The maximum atomic E-state index is 10.4. The summed E-state index contributed by atoms with van der Waals surface area (Å²) in [4.78, 5) is 9.94. The van der Waals surface area contributed by atoms with Crippen molar-refractivity contribution in [2.75, 3.05) is 7.05 Å². The number of rotatable bonds is 4. The minimum Gasteiger partial charge on any atom is -0.387 e. The highest BCUT2D eigenvalue weighted by Crippen LogP contribution is 2.19. The fourth-order valence-electron chi connectivity index (χ4n) is 1.24. The van der Waals surface area contributed by atoms with Crippen LogP contribution in [-0.2, 0) is 0 Å². The summed E-state index contributed by atoms with van der Waals surface area (Å²) < 4.78 is 0. The van der Waals surface area contributed by atoms with Crippen LogP contribution in [0.4, 0.5) is 5.69 Å². The molecule has 0 fully saturated rings. The normalized spacial score (nSPS) is 14.6. The molecule has 0 radical (unpaired) electrons. The third-order valence-corrected chi connectivity index (χ3v) is 2.37. The molecule has 2 atom stereocenters. The van der Waals surface area contributed by atoms with Crippen LogP contribution in [0.5, 0.6) is 0 Å². The minimum atomic E-state index is -0.657. The standard InChI is InChI=1S/C10H14N2O3/c1-7(11-2)10(13)8-3-5-9(6-4-8)12(14)15/h3-7,10-11,13H,1-2H3/t7-,10?/m1/s1. The highest BCUT2D eigenvalue weighted by Gasteiger charge is 2.15. The Labute approximate surface area is 87.9 Å². The van der Waals surface area contributed by atoms with Gasteiger partial charge in [-0.25, -0.2) is 0 Å².